The van der Waals surface area contributed by atoms with Gasteiger partial charge in [-0.05, 0) is 24.3 Å². The Morgan fingerprint density at radius 1 is 0.926 bits per heavy atom. The number of hydrogen-bond donors (Lipinski definition) is 0. The summed E-state index contributed by atoms with van der Waals surface area (Å²) in [7, 11) is 0. The van der Waals surface area contributed by atoms with Crippen molar-refractivity contribution in [1.29, 1.82) is 0 Å². The molecule has 0 atom stereocenters. The van der Waals surface area contributed by atoms with Gasteiger partial charge in [0.05, 0.1) is 4.92 Å². The standard InChI is InChI=1S/C20H13NO6/c22-20(13-4-2-1-3-5-13)14-6-8-17(16(10-14)21(23)24)27-15-7-9-18-19(11-15)26-12-25-18/h1-11H,12H2. The van der Waals surface area contributed by atoms with Crippen LogP contribution in [0.5, 0.6) is 23.0 Å². The maximum atomic E-state index is 12.5. The number of hydrogen-bond acceptors (Lipinski definition) is 6. The summed E-state index contributed by atoms with van der Waals surface area (Å²) in [5, 5.41) is 11.5. The number of rotatable bonds is 5. The molecule has 4 rings (SSSR count). The zero-order chi connectivity index (χ0) is 18.8. The summed E-state index contributed by atoms with van der Waals surface area (Å²) in [6.07, 6.45) is 0. The molecule has 27 heavy (non-hydrogen) atoms. The van der Waals surface area contributed by atoms with Crippen molar-refractivity contribution in [2.24, 2.45) is 0 Å². The minimum absolute atomic E-state index is 0.0310. The second kappa shape index (κ2) is 6.80. The highest BCUT2D eigenvalue weighted by molar-refractivity contribution is 6.09. The normalized spacial score (nSPS) is 11.9. The summed E-state index contributed by atoms with van der Waals surface area (Å²) in [4.78, 5) is 23.4. The van der Waals surface area contributed by atoms with Gasteiger partial charge in [0, 0.05) is 23.3 Å². The topological polar surface area (TPSA) is 87.9 Å². The Balaban J connectivity index is 1.65. The average Bonchev–Trinajstić information content (AvgIpc) is 3.16. The summed E-state index contributed by atoms with van der Waals surface area (Å²) in [5.74, 6) is 1.19. The SMILES string of the molecule is O=C(c1ccccc1)c1ccc(Oc2ccc3c(c2)OCO3)c([N+](=O)[O-])c1. The minimum Gasteiger partial charge on any atom is -0.454 e. The molecule has 7 heteroatoms. The summed E-state index contributed by atoms with van der Waals surface area (Å²) in [6.45, 7) is 0.120. The molecule has 0 bridgehead atoms. The molecular weight excluding hydrogens is 350 g/mol. The van der Waals surface area contributed by atoms with E-state index in [0.29, 0.717) is 22.8 Å². The molecule has 0 saturated heterocycles. The van der Waals surface area contributed by atoms with Crippen LogP contribution in [0.4, 0.5) is 5.69 Å². The highest BCUT2D eigenvalue weighted by atomic mass is 16.7. The predicted molar refractivity (Wildman–Crippen MR) is 95.6 cm³/mol. The lowest BCUT2D eigenvalue weighted by molar-refractivity contribution is -0.385. The van der Waals surface area contributed by atoms with E-state index in [1.165, 1.54) is 18.2 Å². The maximum Gasteiger partial charge on any atom is 0.312 e. The second-order valence-electron chi connectivity index (χ2n) is 5.75. The summed E-state index contributed by atoms with van der Waals surface area (Å²) in [5.41, 5.74) is 0.372. The van der Waals surface area contributed by atoms with E-state index in [4.69, 9.17) is 14.2 Å². The molecule has 134 valence electrons. The predicted octanol–water partition coefficient (Wildman–Crippen LogP) is 4.35. The van der Waals surface area contributed by atoms with Crippen LogP contribution >= 0.6 is 0 Å². The van der Waals surface area contributed by atoms with Gasteiger partial charge in [0.15, 0.2) is 17.3 Å². The van der Waals surface area contributed by atoms with Crippen LogP contribution in [0.3, 0.4) is 0 Å². The van der Waals surface area contributed by atoms with Crippen molar-refractivity contribution in [3.8, 4) is 23.0 Å². The maximum absolute atomic E-state index is 12.5. The van der Waals surface area contributed by atoms with E-state index in [0.717, 1.165) is 0 Å². The quantitative estimate of drug-likeness (QED) is 0.380. The van der Waals surface area contributed by atoms with Crippen molar-refractivity contribution in [3.63, 3.8) is 0 Å². The molecule has 1 aliphatic heterocycles. The number of benzene rings is 3. The molecule has 0 saturated carbocycles. The Morgan fingerprint density at radius 2 is 1.70 bits per heavy atom. The van der Waals surface area contributed by atoms with Crippen LogP contribution in [0.25, 0.3) is 0 Å². The highest BCUT2D eigenvalue weighted by Crippen LogP contribution is 2.38. The van der Waals surface area contributed by atoms with E-state index in [1.54, 1.807) is 48.5 Å². The van der Waals surface area contributed by atoms with Gasteiger partial charge in [0.1, 0.15) is 5.75 Å². The number of carbonyl (C=O) groups is 1. The van der Waals surface area contributed by atoms with Crippen molar-refractivity contribution in [2.45, 2.75) is 0 Å². The van der Waals surface area contributed by atoms with Gasteiger partial charge >= 0.3 is 5.69 Å². The van der Waals surface area contributed by atoms with Crippen LogP contribution < -0.4 is 14.2 Å². The molecule has 7 nitrogen and oxygen atoms in total. The van der Waals surface area contributed by atoms with Gasteiger partial charge in [0.25, 0.3) is 0 Å². The zero-order valence-corrected chi connectivity index (χ0v) is 14.0. The van der Waals surface area contributed by atoms with Crippen LogP contribution in [0.1, 0.15) is 15.9 Å². The van der Waals surface area contributed by atoms with Crippen LogP contribution in [0, 0.1) is 10.1 Å². The molecule has 0 amide bonds. The second-order valence-corrected chi connectivity index (χ2v) is 5.75. The Morgan fingerprint density at radius 3 is 2.48 bits per heavy atom. The third-order valence-corrected chi connectivity index (χ3v) is 4.03. The van der Waals surface area contributed by atoms with Crippen LogP contribution in [0.15, 0.2) is 66.7 Å². The van der Waals surface area contributed by atoms with E-state index in [9.17, 15) is 14.9 Å². The highest BCUT2D eigenvalue weighted by Gasteiger charge is 2.21. The molecule has 0 unspecified atom stereocenters. The number of carbonyl (C=O) groups excluding carboxylic acids is 1. The third kappa shape index (κ3) is 3.30. The van der Waals surface area contributed by atoms with Crippen molar-refractivity contribution < 1.29 is 23.9 Å². The first kappa shape index (κ1) is 16.6. The number of nitro benzene ring substituents is 1. The van der Waals surface area contributed by atoms with Gasteiger partial charge in [0.2, 0.25) is 12.5 Å². The largest absolute Gasteiger partial charge is 0.454 e. The average molecular weight is 363 g/mol. The first-order chi connectivity index (χ1) is 13.1. The van der Waals surface area contributed by atoms with Crippen molar-refractivity contribution in [1.82, 2.24) is 0 Å². The first-order valence-corrected chi connectivity index (χ1v) is 8.07. The molecule has 1 heterocycles. The minimum atomic E-state index is -0.579. The van der Waals surface area contributed by atoms with E-state index in [-0.39, 0.29) is 29.6 Å². The van der Waals surface area contributed by atoms with Crippen LogP contribution in [-0.4, -0.2) is 17.5 Å². The van der Waals surface area contributed by atoms with E-state index in [2.05, 4.69) is 0 Å². The van der Waals surface area contributed by atoms with Crippen molar-refractivity contribution in [3.05, 3.63) is 88.0 Å². The van der Waals surface area contributed by atoms with Gasteiger partial charge < -0.3 is 14.2 Å². The number of nitrogens with zero attached hydrogens (tertiary/aromatic N) is 1. The first-order valence-electron chi connectivity index (χ1n) is 8.07. The smallest absolute Gasteiger partial charge is 0.312 e. The van der Waals surface area contributed by atoms with Crippen molar-refractivity contribution in [2.75, 3.05) is 6.79 Å². The molecule has 0 radical (unpaired) electrons. The fourth-order valence-electron chi connectivity index (χ4n) is 2.71. The monoisotopic (exact) mass is 363 g/mol. The Labute approximate surface area is 153 Å². The van der Waals surface area contributed by atoms with Gasteiger partial charge in [-0.15, -0.1) is 0 Å². The number of ether oxygens (including phenoxy) is 3. The molecule has 0 aliphatic carbocycles. The number of ketones is 1. The summed E-state index contributed by atoms with van der Waals surface area (Å²) in [6, 6.07) is 17.6. The van der Waals surface area contributed by atoms with E-state index < -0.39 is 4.92 Å². The van der Waals surface area contributed by atoms with Gasteiger partial charge in [-0.3, -0.25) is 14.9 Å². The van der Waals surface area contributed by atoms with Gasteiger partial charge in [-0.2, -0.15) is 0 Å². The lowest BCUT2D eigenvalue weighted by atomic mass is 10.0. The molecule has 3 aromatic carbocycles. The third-order valence-electron chi connectivity index (χ3n) is 4.03. The molecule has 1 aliphatic rings. The molecular formula is C20H13NO6. The van der Waals surface area contributed by atoms with E-state index in [1.807, 2.05) is 0 Å². The Kier molecular flexibility index (Phi) is 4.18. The molecule has 0 spiro atoms. The Bertz CT molecular complexity index is 1030. The number of nitro groups is 1. The summed E-state index contributed by atoms with van der Waals surface area (Å²) < 4.78 is 16.1. The Hall–Kier alpha value is -3.87. The lowest BCUT2D eigenvalue weighted by Gasteiger charge is -2.08. The van der Waals surface area contributed by atoms with E-state index >= 15 is 0 Å². The van der Waals surface area contributed by atoms with Gasteiger partial charge in [-0.1, -0.05) is 30.3 Å². The van der Waals surface area contributed by atoms with Crippen molar-refractivity contribution >= 4 is 11.5 Å². The summed E-state index contributed by atoms with van der Waals surface area (Å²) >= 11 is 0. The van der Waals surface area contributed by atoms with Crippen LogP contribution in [-0.2, 0) is 0 Å². The number of fused-ring (bicyclic) bond motifs is 1. The molecule has 0 fully saturated rings. The lowest BCUT2D eigenvalue weighted by Crippen LogP contribution is -2.03. The van der Waals surface area contributed by atoms with Crippen LogP contribution in [0.2, 0.25) is 0 Å². The molecule has 0 aromatic heterocycles. The molecule has 3 aromatic rings. The zero-order valence-electron chi connectivity index (χ0n) is 14.0. The fourth-order valence-corrected chi connectivity index (χ4v) is 2.71. The van der Waals surface area contributed by atoms with Gasteiger partial charge in [-0.25, -0.2) is 0 Å². The molecule has 0 N–H and O–H groups in total. The fraction of sp³-hybridized carbons (Fsp3) is 0.0500.